The molecule has 0 bridgehead atoms. The number of nitrogens with zero attached hydrogens (tertiary/aromatic N) is 1. The Morgan fingerprint density at radius 1 is 1.18 bits per heavy atom. The second-order valence-electron chi connectivity index (χ2n) is 5.03. The van der Waals surface area contributed by atoms with E-state index in [1.54, 1.807) is 4.90 Å². The predicted octanol–water partition coefficient (Wildman–Crippen LogP) is -0.854. The highest BCUT2D eigenvalue weighted by Gasteiger charge is 2.40. The summed E-state index contributed by atoms with van der Waals surface area (Å²) in [5, 5.41) is 4.36. The number of hydrogen-bond acceptors (Lipinski definition) is 4. The van der Waals surface area contributed by atoms with Crippen LogP contribution in [0.5, 0.6) is 0 Å². The summed E-state index contributed by atoms with van der Waals surface area (Å²) in [7, 11) is -3.61. The third-order valence-electron chi connectivity index (χ3n) is 3.77. The molecule has 2 rings (SSSR count). The number of nitrogens with two attached hydrogens (primary N) is 2. The Morgan fingerprint density at radius 3 is 2.24 bits per heavy atom. The van der Waals surface area contributed by atoms with E-state index < -0.39 is 15.3 Å². The van der Waals surface area contributed by atoms with E-state index in [1.807, 2.05) is 0 Å². The Bertz CT molecular complexity index is 401. The minimum absolute atomic E-state index is 0.0292. The fourth-order valence-electron chi connectivity index (χ4n) is 2.68. The second kappa shape index (κ2) is 4.55. The first-order chi connectivity index (χ1) is 7.88. The zero-order valence-electron chi connectivity index (χ0n) is 9.71. The largest absolute Gasteiger partial charge is 0.338 e. The van der Waals surface area contributed by atoms with Gasteiger partial charge in [0.15, 0.2) is 0 Å². The summed E-state index contributed by atoms with van der Waals surface area (Å²) in [5.41, 5.74) is 5.81. The highest BCUT2D eigenvalue weighted by atomic mass is 32.2. The van der Waals surface area contributed by atoms with Crippen molar-refractivity contribution in [3.8, 4) is 0 Å². The molecular formula is C10H19N3O3S. The third kappa shape index (κ3) is 2.78. The number of hydrogen-bond donors (Lipinski definition) is 2. The number of carbonyl (C=O) groups is 1. The van der Waals surface area contributed by atoms with E-state index in [0.29, 0.717) is 0 Å². The highest BCUT2D eigenvalue weighted by molar-refractivity contribution is 7.89. The molecule has 1 amide bonds. The van der Waals surface area contributed by atoms with Crippen molar-refractivity contribution < 1.29 is 13.2 Å². The van der Waals surface area contributed by atoms with Gasteiger partial charge in [-0.1, -0.05) is 0 Å². The molecule has 2 aliphatic rings. The van der Waals surface area contributed by atoms with Crippen LogP contribution in [0.2, 0.25) is 0 Å². The highest BCUT2D eigenvalue weighted by Crippen LogP contribution is 2.27. The summed E-state index contributed by atoms with van der Waals surface area (Å²) >= 11 is 0. The van der Waals surface area contributed by atoms with Gasteiger partial charge in [0, 0.05) is 25.0 Å². The van der Waals surface area contributed by atoms with Gasteiger partial charge in [-0.3, -0.25) is 4.79 Å². The van der Waals surface area contributed by atoms with E-state index in [1.165, 1.54) is 0 Å². The molecule has 2 fully saturated rings. The van der Waals surface area contributed by atoms with Crippen molar-refractivity contribution in [2.75, 3.05) is 6.54 Å². The molecule has 0 aromatic heterocycles. The van der Waals surface area contributed by atoms with E-state index in [4.69, 9.17) is 10.9 Å². The van der Waals surface area contributed by atoms with Crippen LogP contribution in [-0.2, 0) is 14.8 Å². The lowest BCUT2D eigenvalue weighted by Gasteiger charge is -2.33. The molecule has 1 heterocycles. The van der Waals surface area contributed by atoms with Crippen molar-refractivity contribution in [1.29, 1.82) is 0 Å². The van der Waals surface area contributed by atoms with Crippen LogP contribution < -0.4 is 10.9 Å². The monoisotopic (exact) mass is 261 g/mol. The topological polar surface area (TPSA) is 106 Å². The predicted molar refractivity (Wildman–Crippen MR) is 63.5 cm³/mol. The van der Waals surface area contributed by atoms with E-state index in [-0.39, 0.29) is 31.0 Å². The lowest BCUT2D eigenvalue weighted by atomic mass is 9.91. The molecule has 6 nitrogen and oxygen atoms in total. The summed E-state index contributed by atoms with van der Waals surface area (Å²) < 4.78 is 22.5. The molecule has 1 unspecified atom stereocenters. The Hall–Kier alpha value is -0.660. The van der Waals surface area contributed by atoms with Crippen LogP contribution in [0.25, 0.3) is 0 Å². The van der Waals surface area contributed by atoms with E-state index >= 15 is 0 Å². The SMILES string of the molecule is NC1CCC(N2CC(S(N)(=O)=O)CC2=O)CC1. The Labute approximate surface area is 101 Å². The van der Waals surface area contributed by atoms with E-state index in [0.717, 1.165) is 25.7 Å². The minimum Gasteiger partial charge on any atom is -0.338 e. The first-order valence-electron chi connectivity index (χ1n) is 5.94. The maximum absolute atomic E-state index is 11.8. The van der Waals surface area contributed by atoms with Gasteiger partial charge in [0.1, 0.15) is 5.25 Å². The molecule has 0 radical (unpaired) electrons. The zero-order valence-corrected chi connectivity index (χ0v) is 10.5. The molecule has 98 valence electrons. The van der Waals surface area contributed by atoms with E-state index in [2.05, 4.69) is 0 Å². The van der Waals surface area contributed by atoms with Gasteiger partial charge in [-0.2, -0.15) is 0 Å². The number of rotatable bonds is 2. The van der Waals surface area contributed by atoms with Crippen LogP contribution in [0, 0.1) is 0 Å². The zero-order chi connectivity index (χ0) is 12.6. The normalized spacial score (nSPS) is 35.3. The molecule has 1 atom stereocenters. The van der Waals surface area contributed by atoms with Crippen molar-refractivity contribution in [3.63, 3.8) is 0 Å². The van der Waals surface area contributed by atoms with Crippen LogP contribution in [0.1, 0.15) is 32.1 Å². The fraction of sp³-hybridized carbons (Fsp3) is 0.900. The first-order valence-corrected chi connectivity index (χ1v) is 7.55. The summed E-state index contributed by atoms with van der Waals surface area (Å²) in [6, 6.07) is 0.368. The molecule has 0 aromatic rings. The fourth-order valence-corrected chi connectivity index (χ4v) is 3.43. The minimum atomic E-state index is -3.61. The van der Waals surface area contributed by atoms with Crippen molar-refractivity contribution in [1.82, 2.24) is 4.90 Å². The van der Waals surface area contributed by atoms with Crippen LogP contribution in [0.4, 0.5) is 0 Å². The van der Waals surface area contributed by atoms with Gasteiger partial charge >= 0.3 is 0 Å². The quantitative estimate of drug-likeness (QED) is 0.675. The van der Waals surface area contributed by atoms with Gasteiger partial charge < -0.3 is 10.6 Å². The molecule has 17 heavy (non-hydrogen) atoms. The molecular weight excluding hydrogens is 242 g/mol. The molecule has 1 aliphatic carbocycles. The smallest absolute Gasteiger partial charge is 0.224 e. The van der Waals surface area contributed by atoms with Crippen molar-refractivity contribution in [2.24, 2.45) is 10.9 Å². The van der Waals surface area contributed by atoms with Crippen LogP contribution in [-0.4, -0.2) is 43.1 Å². The summed E-state index contributed by atoms with van der Waals surface area (Å²) in [4.78, 5) is 13.5. The van der Waals surface area contributed by atoms with Crippen LogP contribution in [0.15, 0.2) is 0 Å². The maximum Gasteiger partial charge on any atom is 0.224 e. The van der Waals surface area contributed by atoms with Crippen molar-refractivity contribution in [3.05, 3.63) is 0 Å². The van der Waals surface area contributed by atoms with Gasteiger partial charge in [-0.25, -0.2) is 13.6 Å². The summed E-state index contributed by atoms with van der Waals surface area (Å²) in [6.45, 7) is 0.248. The van der Waals surface area contributed by atoms with Gasteiger partial charge in [0.05, 0.1) is 0 Å². The average Bonchev–Trinajstić information content (AvgIpc) is 2.61. The van der Waals surface area contributed by atoms with Crippen LogP contribution in [0.3, 0.4) is 0 Å². The van der Waals surface area contributed by atoms with Gasteiger partial charge in [0.25, 0.3) is 0 Å². The third-order valence-corrected chi connectivity index (χ3v) is 5.01. The Morgan fingerprint density at radius 2 is 1.76 bits per heavy atom. The first kappa shape index (κ1) is 12.8. The van der Waals surface area contributed by atoms with Gasteiger partial charge in [-0.05, 0) is 25.7 Å². The van der Waals surface area contributed by atoms with Crippen LogP contribution >= 0.6 is 0 Å². The number of sulfonamides is 1. The van der Waals surface area contributed by atoms with E-state index in [9.17, 15) is 13.2 Å². The number of amides is 1. The molecule has 0 aromatic carbocycles. The number of carbonyl (C=O) groups excluding carboxylic acids is 1. The molecule has 1 aliphatic heterocycles. The average molecular weight is 261 g/mol. The van der Waals surface area contributed by atoms with Crippen molar-refractivity contribution >= 4 is 15.9 Å². The summed E-state index contributed by atoms with van der Waals surface area (Å²) in [5.74, 6) is -0.0931. The molecule has 4 N–H and O–H groups in total. The van der Waals surface area contributed by atoms with Crippen molar-refractivity contribution in [2.45, 2.75) is 49.4 Å². The number of likely N-dealkylation sites (tertiary alicyclic amines) is 1. The summed E-state index contributed by atoms with van der Waals surface area (Å²) in [6.07, 6.45) is 3.55. The Kier molecular flexibility index (Phi) is 3.42. The molecule has 0 spiro atoms. The van der Waals surface area contributed by atoms with Gasteiger partial charge in [0.2, 0.25) is 15.9 Å². The van der Waals surface area contributed by atoms with Gasteiger partial charge in [-0.15, -0.1) is 0 Å². The molecule has 7 heteroatoms. The number of primary sulfonamides is 1. The standard InChI is InChI=1S/C10H19N3O3S/c11-7-1-3-8(4-2-7)13-6-9(5-10(13)14)17(12,15)16/h7-9H,1-6,11H2,(H2,12,15,16). The lowest BCUT2D eigenvalue weighted by Crippen LogP contribution is -2.42. The molecule has 1 saturated heterocycles. The Balaban J connectivity index is 2.01. The lowest BCUT2D eigenvalue weighted by molar-refractivity contribution is -0.130. The maximum atomic E-state index is 11.8. The second-order valence-corrected chi connectivity index (χ2v) is 6.87. The molecule has 1 saturated carbocycles.